The SMILES string of the molecule is FC1C=CC(C2=NCCC3OCCC23)=CC1. The van der Waals surface area contributed by atoms with Gasteiger partial charge in [-0.2, -0.15) is 0 Å². The van der Waals surface area contributed by atoms with Crippen molar-refractivity contribution < 1.29 is 9.13 Å². The molecule has 3 atom stereocenters. The standard InChI is InChI=1S/C13H16FNO/c14-10-3-1-9(2-4-10)13-11-6-8-16-12(11)5-7-15-13/h1-3,10-12H,4-8H2. The molecular formula is C13H16FNO. The highest BCUT2D eigenvalue weighted by atomic mass is 19.1. The second kappa shape index (κ2) is 4.13. The zero-order chi connectivity index (χ0) is 11.0. The molecule has 3 unspecified atom stereocenters. The molecule has 0 N–H and O–H groups in total. The van der Waals surface area contributed by atoms with Gasteiger partial charge in [0.05, 0.1) is 6.10 Å². The van der Waals surface area contributed by atoms with Gasteiger partial charge in [-0.15, -0.1) is 0 Å². The third-order valence-corrected chi connectivity index (χ3v) is 3.60. The zero-order valence-electron chi connectivity index (χ0n) is 9.23. The molecule has 3 heteroatoms. The van der Waals surface area contributed by atoms with Crippen molar-refractivity contribution in [2.45, 2.75) is 31.5 Å². The Morgan fingerprint density at radius 3 is 3.12 bits per heavy atom. The summed E-state index contributed by atoms with van der Waals surface area (Å²) in [5, 5.41) is 0. The number of hydrogen-bond acceptors (Lipinski definition) is 2. The molecule has 1 fully saturated rings. The number of allylic oxidation sites excluding steroid dienone is 4. The van der Waals surface area contributed by atoms with Crippen molar-refractivity contribution in [3.05, 3.63) is 23.8 Å². The van der Waals surface area contributed by atoms with Crippen molar-refractivity contribution in [1.29, 1.82) is 0 Å². The van der Waals surface area contributed by atoms with Gasteiger partial charge in [0.1, 0.15) is 6.17 Å². The molecule has 1 aliphatic carbocycles. The van der Waals surface area contributed by atoms with E-state index in [-0.39, 0.29) is 0 Å². The van der Waals surface area contributed by atoms with Crippen molar-refractivity contribution in [2.75, 3.05) is 13.2 Å². The molecule has 2 aliphatic heterocycles. The summed E-state index contributed by atoms with van der Waals surface area (Å²) >= 11 is 0. The first-order chi connectivity index (χ1) is 7.84. The van der Waals surface area contributed by atoms with Crippen LogP contribution in [0.2, 0.25) is 0 Å². The van der Waals surface area contributed by atoms with Gasteiger partial charge in [-0.25, -0.2) is 4.39 Å². The maximum absolute atomic E-state index is 13.0. The monoisotopic (exact) mass is 221 g/mol. The Hall–Kier alpha value is -0.960. The van der Waals surface area contributed by atoms with Gasteiger partial charge >= 0.3 is 0 Å². The maximum atomic E-state index is 13.0. The number of aliphatic imine (C=N–C) groups is 1. The van der Waals surface area contributed by atoms with Crippen LogP contribution in [0.4, 0.5) is 4.39 Å². The van der Waals surface area contributed by atoms with Gasteiger partial charge < -0.3 is 4.74 Å². The first-order valence-corrected chi connectivity index (χ1v) is 6.03. The smallest absolute Gasteiger partial charge is 0.122 e. The largest absolute Gasteiger partial charge is 0.377 e. The van der Waals surface area contributed by atoms with Gasteiger partial charge in [0.15, 0.2) is 0 Å². The van der Waals surface area contributed by atoms with E-state index in [0.717, 1.165) is 37.3 Å². The van der Waals surface area contributed by atoms with Gasteiger partial charge in [0.25, 0.3) is 0 Å². The van der Waals surface area contributed by atoms with Gasteiger partial charge in [0.2, 0.25) is 0 Å². The van der Waals surface area contributed by atoms with E-state index in [4.69, 9.17) is 4.74 Å². The molecule has 0 radical (unpaired) electrons. The maximum Gasteiger partial charge on any atom is 0.122 e. The summed E-state index contributed by atoms with van der Waals surface area (Å²) in [5.41, 5.74) is 2.27. The fourth-order valence-corrected chi connectivity index (χ4v) is 2.76. The Balaban J connectivity index is 1.84. The highest BCUT2D eigenvalue weighted by Crippen LogP contribution is 2.32. The van der Waals surface area contributed by atoms with Gasteiger partial charge in [-0.3, -0.25) is 4.99 Å². The average molecular weight is 221 g/mol. The number of nitrogens with zero attached hydrogens (tertiary/aromatic N) is 1. The van der Waals surface area contributed by atoms with E-state index >= 15 is 0 Å². The zero-order valence-corrected chi connectivity index (χ0v) is 9.23. The molecule has 2 heterocycles. The molecule has 0 spiro atoms. The molecule has 16 heavy (non-hydrogen) atoms. The molecule has 0 aromatic rings. The summed E-state index contributed by atoms with van der Waals surface area (Å²) in [4.78, 5) is 4.62. The van der Waals surface area contributed by atoms with E-state index in [0.29, 0.717) is 18.4 Å². The number of fused-ring (bicyclic) bond motifs is 1. The summed E-state index contributed by atoms with van der Waals surface area (Å²) in [6.07, 6.45) is 7.62. The lowest BCUT2D eigenvalue weighted by Gasteiger charge is -2.26. The normalized spacial score (nSPS) is 37.9. The summed E-state index contributed by atoms with van der Waals surface area (Å²) in [6, 6.07) is 0. The number of hydrogen-bond donors (Lipinski definition) is 0. The molecule has 0 bridgehead atoms. The molecular weight excluding hydrogens is 205 g/mol. The highest BCUT2D eigenvalue weighted by Gasteiger charge is 2.35. The highest BCUT2D eigenvalue weighted by molar-refractivity contribution is 6.05. The molecule has 86 valence electrons. The summed E-state index contributed by atoms with van der Waals surface area (Å²) in [7, 11) is 0. The van der Waals surface area contributed by atoms with Crippen LogP contribution in [-0.4, -0.2) is 31.1 Å². The summed E-state index contributed by atoms with van der Waals surface area (Å²) in [6.45, 7) is 1.69. The van der Waals surface area contributed by atoms with E-state index in [2.05, 4.69) is 4.99 Å². The first-order valence-electron chi connectivity index (χ1n) is 6.03. The van der Waals surface area contributed by atoms with Gasteiger partial charge in [-0.1, -0.05) is 12.2 Å². The van der Waals surface area contributed by atoms with E-state index in [9.17, 15) is 4.39 Å². The molecule has 1 saturated heterocycles. The van der Waals surface area contributed by atoms with Crippen molar-refractivity contribution in [1.82, 2.24) is 0 Å². The van der Waals surface area contributed by atoms with Crippen LogP contribution in [0.5, 0.6) is 0 Å². The molecule has 0 saturated carbocycles. The topological polar surface area (TPSA) is 21.6 Å². The number of rotatable bonds is 1. The van der Waals surface area contributed by atoms with Crippen LogP contribution in [0, 0.1) is 5.92 Å². The third kappa shape index (κ3) is 1.73. The minimum atomic E-state index is -0.816. The number of halogens is 1. The second-order valence-corrected chi connectivity index (χ2v) is 4.63. The van der Waals surface area contributed by atoms with Gasteiger partial charge in [-0.05, 0) is 24.5 Å². The van der Waals surface area contributed by atoms with Gasteiger partial charge in [0, 0.05) is 31.2 Å². The molecule has 3 rings (SSSR count). The van der Waals surface area contributed by atoms with Crippen LogP contribution in [0.1, 0.15) is 19.3 Å². The Bertz CT molecular complexity index is 372. The Morgan fingerprint density at radius 1 is 1.38 bits per heavy atom. The quantitative estimate of drug-likeness (QED) is 0.666. The van der Waals surface area contributed by atoms with Crippen LogP contribution < -0.4 is 0 Å². The van der Waals surface area contributed by atoms with E-state index in [1.807, 2.05) is 12.2 Å². The lowest BCUT2D eigenvalue weighted by molar-refractivity contribution is 0.0942. The molecule has 2 nitrogen and oxygen atoms in total. The van der Waals surface area contributed by atoms with Crippen molar-refractivity contribution >= 4 is 5.71 Å². The summed E-state index contributed by atoms with van der Waals surface area (Å²) in [5.74, 6) is 0.445. The van der Waals surface area contributed by atoms with Crippen LogP contribution >= 0.6 is 0 Å². The van der Waals surface area contributed by atoms with Crippen molar-refractivity contribution in [3.8, 4) is 0 Å². The predicted molar refractivity (Wildman–Crippen MR) is 61.5 cm³/mol. The fourth-order valence-electron chi connectivity index (χ4n) is 2.76. The number of alkyl halides is 1. The number of ether oxygens (including phenoxy) is 1. The lowest BCUT2D eigenvalue weighted by atomic mass is 9.85. The van der Waals surface area contributed by atoms with Crippen LogP contribution in [0.3, 0.4) is 0 Å². The van der Waals surface area contributed by atoms with Crippen LogP contribution in [0.15, 0.2) is 28.8 Å². The first kappa shape index (κ1) is 10.2. The lowest BCUT2D eigenvalue weighted by Crippen LogP contribution is -2.30. The molecule has 3 aliphatic rings. The average Bonchev–Trinajstić information content (AvgIpc) is 2.78. The van der Waals surface area contributed by atoms with E-state index < -0.39 is 6.17 Å². The van der Waals surface area contributed by atoms with Crippen molar-refractivity contribution in [2.24, 2.45) is 10.9 Å². The summed E-state index contributed by atoms with van der Waals surface area (Å²) < 4.78 is 18.7. The second-order valence-electron chi connectivity index (χ2n) is 4.63. The third-order valence-electron chi connectivity index (χ3n) is 3.60. The fraction of sp³-hybridized carbons (Fsp3) is 0.615. The Kier molecular flexibility index (Phi) is 2.64. The minimum Gasteiger partial charge on any atom is -0.377 e. The molecule has 0 aromatic carbocycles. The molecule has 0 amide bonds. The van der Waals surface area contributed by atoms with Crippen LogP contribution in [0.25, 0.3) is 0 Å². The van der Waals surface area contributed by atoms with E-state index in [1.54, 1.807) is 6.08 Å². The van der Waals surface area contributed by atoms with Crippen molar-refractivity contribution in [3.63, 3.8) is 0 Å². The Morgan fingerprint density at radius 2 is 2.31 bits per heavy atom. The predicted octanol–water partition coefficient (Wildman–Crippen LogP) is 2.46. The molecule has 0 aromatic heterocycles. The minimum absolute atomic E-state index is 0.352. The Labute approximate surface area is 94.9 Å². The van der Waals surface area contributed by atoms with Crippen LogP contribution in [-0.2, 0) is 4.74 Å². The van der Waals surface area contributed by atoms with E-state index in [1.165, 1.54) is 0 Å².